The standard InChI is InChI=1S/C15H21N3O2S/c1-6-10-16-13(18-12(7(2)3)15(19)20)11-8(4)9(5)21-14(11)17-10/h7,12H,6H2,1-5H3,(H,19,20)(H,16,17,18). The third kappa shape index (κ3) is 3.00. The molecule has 0 saturated heterocycles. The van der Waals surface area contributed by atoms with Crippen LogP contribution >= 0.6 is 11.3 Å². The molecular weight excluding hydrogens is 286 g/mol. The summed E-state index contributed by atoms with van der Waals surface area (Å²) in [6.07, 6.45) is 0.722. The zero-order chi connectivity index (χ0) is 15.7. The number of anilines is 1. The summed E-state index contributed by atoms with van der Waals surface area (Å²) >= 11 is 1.63. The van der Waals surface area contributed by atoms with Crippen molar-refractivity contribution in [1.29, 1.82) is 0 Å². The Labute approximate surface area is 128 Å². The number of hydrogen-bond acceptors (Lipinski definition) is 5. The monoisotopic (exact) mass is 307 g/mol. The van der Waals surface area contributed by atoms with Crippen LogP contribution in [0.1, 0.15) is 37.0 Å². The van der Waals surface area contributed by atoms with E-state index in [4.69, 9.17) is 0 Å². The van der Waals surface area contributed by atoms with Gasteiger partial charge in [0.05, 0.1) is 5.39 Å². The van der Waals surface area contributed by atoms with Gasteiger partial charge in [-0.1, -0.05) is 20.8 Å². The summed E-state index contributed by atoms with van der Waals surface area (Å²) in [4.78, 5) is 22.6. The van der Waals surface area contributed by atoms with E-state index in [9.17, 15) is 9.90 Å². The van der Waals surface area contributed by atoms with Gasteiger partial charge in [0, 0.05) is 11.3 Å². The van der Waals surface area contributed by atoms with Crippen molar-refractivity contribution in [3.63, 3.8) is 0 Å². The minimum absolute atomic E-state index is 0.0300. The van der Waals surface area contributed by atoms with Crippen molar-refractivity contribution in [3.8, 4) is 0 Å². The molecule has 114 valence electrons. The molecule has 5 nitrogen and oxygen atoms in total. The predicted octanol–water partition coefficient (Wildman–Crippen LogP) is 3.39. The lowest BCUT2D eigenvalue weighted by Gasteiger charge is -2.19. The van der Waals surface area contributed by atoms with Crippen LogP contribution in [0.25, 0.3) is 10.2 Å². The molecule has 0 aliphatic carbocycles. The first-order valence-corrected chi connectivity index (χ1v) is 7.92. The van der Waals surface area contributed by atoms with Crippen LogP contribution in [-0.4, -0.2) is 27.1 Å². The van der Waals surface area contributed by atoms with Crippen LogP contribution in [0.4, 0.5) is 5.82 Å². The summed E-state index contributed by atoms with van der Waals surface area (Å²) in [5.74, 6) is 0.482. The molecule has 0 fully saturated rings. The van der Waals surface area contributed by atoms with E-state index in [0.29, 0.717) is 5.82 Å². The summed E-state index contributed by atoms with van der Waals surface area (Å²) in [6, 6.07) is -0.660. The molecule has 6 heteroatoms. The average Bonchev–Trinajstić information content (AvgIpc) is 2.70. The summed E-state index contributed by atoms with van der Waals surface area (Å²) in [6.45, 7) is 9.84. The van der Waals surface area contributed by atoms with Gasteiger partial charge in [-0.05, 0) is 25.3 Å². The molecule has 0 aromatic carbocycles. The van der Waals surface area contributed by atoms with Crippen molar-refractivity contribution in [2.24, 2.45) is 5.92 Å². The highest BCUT2D eigenvalue weighted by molar-refractivity contribution is 7.18. The molecular formula is C15H21N3O2S. The Hall–Kier alpha value is -1.69. The highest BCUT2D eigenvalue weighted by atomic mass is 32.1. The number of fused-ring (bicyclic) bond motifs is 1. The van der Waals surface area contributed by atoms with E-state index in [1.165, 1.54) is 4.88 Å². The highest BCUT2D eigenvalue weighted by Crippen LogP contribution is 2.33. The largest absolute Gasteiger partial charge is 0.480 e. The van der Waals surface area contributed by atoms with E-state index in [1.54, 1.807) is 11.3 Å². The number of aryl methyl sites for hydroxylation is 3. The van der Waals surface area contributed by atoms with Gasteiger partial charge < -0.3 is 10.4 Å². The Balaban J connectivity index is 2.58. The number of thiophene rings is 1. The highest BCUT2D eigenvalue weighted by Gasteiger charge is 2.24. The van der Waals surface area contributed by atoms with E-state index in [-0.39, 0.29) is 5.92 Å². The molecule has 0 bridgehead atoms. The lowest BCUT2D eigenvalue weighted by molar-refractivity contribution is -0.138. The average molecular weight is 307 g/mol. The van der Waals surface area contributed by atoms with Gasteiger partial charge in [0.25, 0.3) is 0 Å². The van der Waals surface area contributed by atoms with Gasteiger partial charge in [-0.3, -0.25) is 0 Å². The number of aromatic nitrogens is 2. The first-order valence-electron chi connectivity index (χ1n) is 7.11. The van der Waals surface area contributed by atoms with Gasteiger partial charge in [-0.25, -0.2) is 14.8 Å². The van der Waals surface area contributed by atoms with E-state index in [1.807, 2.05) is 34.6 Å². The minimum atomic E-state index is -0.862. The second kappa shape index (κ2) is 5.97. The second-order valence-electron chi connectivity index (χ2n) is 5.51. The topological polar surface area (TPSA) is 75.1 Å². The third-order valence-corrected chi connectivity index (χ3v) is 4.72. The maximum atomic E-state index is 11.4. The summed E-state index contributed by atoms with van der Waals surface area (Å²) in [7, 11) is 0. The zero-order valence-electron chi connectivity index (χ0n) is 13.0. The Kier molecular flexibility index (Phi) is 4.46. The van der Waals surface area contributed by atoms with Crippen molar-refractivity contribution in [2.75, 3.05) is 5.32 Å². The smallest absolute Gasteiger partial charge is 0.326 e. The number of carboxylic acids is 1. The van der Waals surface area contributed by atoms with E-state index >= 15 is 0 Å². The SMILES string of the molecule is CCc1nc(NC(C(=O)O)C(C)C)c2c(C)c(C)sc2n1. The molecule has 0 spiro atoms. The van der Waals surface area contributed by atoms with Gasteiger partial charge in [-0.2, -0.15) is 0 Å². The van der Waals surface area contributed by atoms with Gasteiger partial charge in [0.2, 0.25) is 0 Å². The van der Waals surface area contributed by atoms with E-state index in [2.05, 4.69) is 15.3 Å². The van der Waals surface area contributed by atoms with Crippen molar-refractivity contribution in [2.45, 2.75) is 47.1 Å². The first-order chi connectivity index (χ1) is 9.85. The molecule has 1 atom stereocenters. The second-order valence-corrected chi connectivity index (χ2v) is 6.71. The Bertz CT molecular complexity index is 679. The maximum Gasteiger partial charge on any atom is 0.326 e. The molecule has 0 radical (unpaired) electrons. The molecule has 21 heavy (non-hydrogen) atoms. The number of rotatable bonds is 5. The molecule has 2 aromatic rings. The lowest BCUT2D eigenvalue weighted by Crippen LogP contribution is -2.34. The van der Waals surface area contributed by atoms with Crippen LogP contribution in [-0.2, 0) is 11.2 Å². The normalized spacial score (nSPS) is 12.9. The number of aliphatic carboxylic acids is 1. The number of carboxylic acid groups (broad SMARTS) is 1. The summed E-state index contributed by atoms with van der Waals surface area (Å²) < 4.78 is 0. The quantitative estimate of drug-likeness (QED) is 0.885. The van der Waals surface area contributed by atoms with Crippen LogP contribution < -0.4 is 5.32 Å². The fraction of sp³-hybridized carbons (Fsp3) is 0.533. The minimum Gasteiger partial charge on any atom is -0.480 e. The molecule has 2 aromatic heterocycles. The van der Waals surface area contributed by atoms with E-state index in [0.717, 1.165) is 28.0 Å². The van der Waals surface area contributed by atoms with Crippen molar-refractivity contribution >= 4 is 33.3 Å². The Morgan fingerprint density at radius 3 is 2.52 bits per heavy atom. The van der Waals surface area contributed by atoms with E-state index < -0.39 is 12.0 Å². The molecule has 2 rings (SSSR count). The fourth-order valence-corrected chi connectivity index (χ4v) is 3.27. The number of hydrogen-bond donors (Lipinski definition) is 2. The van der Waals surface area contributed by atoms with Crippen LogP contribution in [0.5, 0.6) is 0 Å². The Morgan fingerprint density at radius 2 is 2.00 bits per heavy atom. The lowest BCUT2D eigenvalue weighted by atomic mass is 10.0. The molecule has 0 aliphatic rings. The molecule has 0 amide bonds. The third-order valence-electron chi connectivity index (χ3n) is 3.62. The van der Waals surface area contributed by atoms with Crippen LogP contribution in [0, 0.1) is 19.8 Å². The molecule has 0 aliphatic heterocycles. The van der Waals surface area contributed by atoms with Crippen LogP contribution in [0.15, 0.2) is 0 Å². The number of nitrogens with zero attached hydrogens (tertiary/aromatic N) is 2. The summed E-state index contributed by atoms with van der Waals surface area (Å²) in [5.41, 5.74) is 1.12. The van der Waals surface area contributed by atoms with Gasteiger partial charge >= 0.3 is 5.97 Å². The number of nitrogens with one attached hydrogen (secondary N) is 1. The van der Waals surface area contributed by atoms with Gasteiger partial charge in [0.15, 0.2) is 0 Å². The maximum absolute atomic E-state index is 11.4. The molecule has 2 heterocycles. The molecule has 2 N–H and O–H groups in total. The van der Waals surface area contributed by atoms with Crippen molar-refractivity contribution in [1.82, 2.24) is 9.97 Å². The first kappa shape index (κ1) is 15.7. The fourth-order valence-electron chi connectivity index (χ4n) is 2.22. The zero-order valence-corrected chi connectivity index (χ0v) is 13.8. The van der Waals surface area contributed by atoms with Gasteiger partial charge in [0.1, 0.15) is 22.5 Å². The molecule has 0 saturated carbocycles. The van der Waals surface area contributed by atoms with Crippen LogP contribution in [0.3, 0.4) is 0 Å². The molecule has 1 unspecified atom stereocenters. The van der Waals surface area contributed by atoms with Crippen LogP contribution in [0.2, 0.25) is 0 Å². The Morgan fingerprint density at radius 1 is 1.33 bits per heavy atom. The summed E-state index contributed by atoms with van der Waals surface area (Å²) in [5, 5.41) is 13.4. The predicted molar refractivity (Wildman–Crippen MR) is 86.2 cm³/mol. The van der Waals surface area contributed by atoms with Gasteiger partial charge in [-0.15, -0.1) is 11.3 Å². The van der Waals surface area contributed by atoms with Crippen molar-refractivity contribution in [3.05, 3.63) is 16.3 Å². The number of carbonyl (C=O) groups is 1. The van der Waals surface area contributed by atoms with Crippen molar-refractivity contribution < 1.29 is 9.90 Å².